The first-order chi connectivity index (χ1) is 15.6. The van der Waals surface area contributed by atoms with Crippen molar-refractivity contribution in [1.82, 2.24) is 14.7 Å². The minimum atomic E-state index is -0.0392. The Labute approximate surface area is 187 Å². The van der Waals surface area contributed by atoms with Crippen LogP contribution in [-0.2, 0) is 4.79 Å². The Morgan fingerprint density at radius 3 is 2.66 bits per heavy atom. The second-order valence-corrected chi connectivity index (χ2v) is 8.50. The normalized spacial score (nSPS) is 18.0. The number of fused-ring (bicyclic) bond motifs is 1. The summed E-state index contributed by atoms with van der Waals surface area (Å²) in [6.07, 6.45) is 2.08. The fourth-order valence-corrected chi connectivity index (χ4v) is 4.50. The number of benzene rings is 2. The number of carbonyl (C=O) groups excluding carboxylic acids is 1. The highest BCUT2D eigenvalue weighted by Crippen LogP contribution is 2.38. The first kappa shape index (κ1) is 20.6. The molecule has 7 nitrogen and oxygen atoms in total. The minimum absolute atomic E-state index is 0.0392. The average molecular weight is 433 g/mol. The number of likely N-dealkylation sites (tertiary alicyclic amines) is 1. The van der Waals surface area contributed by atoms with Crippen LogP contribution in [0.4, 0.5) is 5.82 Å². The second kappa shape index (κ2) is 8.67. The number of aromatic nitrogens is 2. The van der Waals surface area contributed by atoms with Crippen molar-refractivity contribution in [3.63, 3.8) is 0 Å². The number of nitrogens with zero attached hydrogens (tertiary/aromatic N) is 3. The van der Waals surface area contributed by atoms with E-state index in [-0.39, 0.29) is 11.9 Å². The van der Waals surface area contributed by atoms with E-state index in [1.807, 2.05) is 43.3 Å². The standard InChI is InChI=1S/C25H28N4O3/c1-17-5-8-20(9-6-17)29-24(14-18(2)27-29)26-25(30)16-28-11-3-4-21(28)19-7-10-22-23(15-19)32-13-12-31-22/h5-10,14-15,21H,3-4,11-13,16H2,1-2H3,(H,26,30)/t21-/m1/s1. The molecule has 7 heteroatoms. The summed E-state index contributed by atoms with van der Waals surface area (Å²) in [5.41, 5.74) is 4.13. The quantitative estimate of drug-likeness (QED) is 0.659. The van der Waals surface area contributed by atoms with Crippen LogP contribution in [0.3, 0.4) is 0 Å². The third-order valence-corrected chi connectivity index (χ3v) is 6.04. The zero-order chi connectivity index (χ0) is 22.1. The van der Waals surface area contributed by atoms with Crippen molar-refractivity contribution < 1.29 is 14.3 Å². The van der Waals surface area contributed by atoms with Gasteiger partial charge in [-0.25, -0.2) is 4.68 Å². The van der Waals surface area contributed by atoms with Crippen LogP contribution in [-0.4, -0.2) is 46.9 Å². The maximum atomic E-state index is 13.0. The number of rotatable bonds is 5. The summed E-state index contributed by atoms with van der Waals surface area (Å²) in [5, 5.41) is 7.63. The fourth-order valence-electron chi connectivity index (χ4n) is 4.50. The number of nitrogens with one attached hydrogen (secondary N) is 1. The zero-order valence-electron chi connectivity index (χ0n) is 18.5. The van der Waals surface area contributed by atoms with Gasteiger partial charge >= 0.3 is 0 Å². The highest BCUT2D eigenvalue weighted by Gasteiger charge is 2.29. The van der Waals surface area contributed by atoms with Gasteiger partial charge in [0.1, 0.15) is 19.0 Å². The van der Waals surface area contributed by atoms with Crippen LogP contribution in [0.1, 0.15) is 35.7 Å². The summed E-state index contributed by atoms with van der Waals surface area (Å²) in [7, 11) is 0. The van der Waals surface area contributed by atoms with Crippen LogP contribution in [0.2, 0.25) is 0 Å². The van der Waals surface area contributed by atoms with Crippen LogP contribution in [0.25, 0.3) is 5.69 Å². The van der Waals surface area contributed by atoms with E-state index in [0.29, 0.717) is 25.6 Å². The molecule has 2 aliphatic rings. The molecule has 32 heavy (non-hydrogen) atoms. The minimum Gasteiger partial charge on any atom is -0.486 e. The Bertz CT molecular complexity index is 1120. The van der Waals surface area contributed by atoms with E-state index in [4.69, 9.17) is 9.47 Å². The van der Waals surface area contributed by atoms with Crippen molar-refractivity contribution in [2.75, 3.05) is 31.6 Å². The Balaban J connectivity index is 1.30. The van der Waals surface area contributed by atoms with E-state index < -0.39 is 0 Å². The molecule has 1 N–H and O–H groups in total. The molecule has 3 heterocycles. The molecule has 1 saturated heterocycles. The van der Waals surface area contributed by atoms with Crippen LogP contribution >= 0.6 is 0 Å². The number of hydrogen-bond acceptors (Lipinski definition) is 5. The lowest BCUT2D eigenvalue weighted by Crippen LogP contribution is -2.33. The molecule has 1 atom stereocenters. The van der Waals surface area contributed by atoms with Crippen LogP contribution < -0.4 is 14.8 Å². The maximum absolute atomic E-state index is 13.0. The number of ether oxygens (including phenoxy) is 2. The molecular weight excluding hydrogens is 404 g/mol. The largest absolute Gasteiger partial charge is 0.486 e. The molecule has 2 aliphatic heterocycles. The predicted octanol–water partition coefficient (Wildman–Crippen LogP) is 4.04. The number of hydrogen-bond donors (Lipinski definition) is 1. The molecule has 2 aromatic carbocycles. The lowest BCUT2D eigenvalue weighted by atomic mass is 10.0. The Hall–Kier alpha value is -3.32. The van der Waals surface area contributed by atoms with Gasteiger partial charge in [0.05, 0.1) is 17.9 Å². The van der Waals surface area contributed by atoms with Gasteiger partial charge in [-0.1, -0.05) is 23.8 Å². The third-order valence-electron chi connectivity index (χ3n) is 6.04. The number of anilines is 1. The highest BCUT2D eigenvalue weighted by molar-refractivity contribution is 5.91. The topological polar surface area (TPSA) is 68.6 Å². The second-order valence-electron chi connectivity index (χ2n) is 8.50. The lowest BCUT2D eigenvalue weighted by molar-refractivity contribution is -0.117. The molecular formula is C25H28N4O3. The number of amides is 1. The fraction of sp³-hybridized carbons (Fsp3) is 0.360. The summed E-state index contributed by atoms with van der Waals surface area (Å²) in [4.78, 5) is 15.2. The molecule has 0 radical (unpaired) electrons. The maximum Gasteiger partial charge on any atom is 0.239 e. The van der Waals surface area contributed by atoms with E-state index in [1.54, 1.807) is 4.68 Å². The summed E-state index contributed by atoms with van der Waals surface area (Å²) in [6, 6.07) is 16.3. The van der Waals surface area contributed by atoms with E-state index in [2.05, 4.69) is 34.4 Å². The van der Waals surface area contributed by atoms with Crippen LogP contribution in [0.5, 0.6) is 11.5 Å². The summed E-state index contributed by atoms with van der Waals surface area (Å²) in [5.74, 6) is 2.23. The Kier molecular flexibility index (Phi) is 5.57. The van der Waals surface area contributed by atoms with E-state index in [0.717, 1.165) is 42.3 Å². The van der Waals surface area contributed by atoms with Crippen molar-refractivity contribution >= 4 is 11.7 Å². The molecule has 0 saturated carbocycles. The monoisotopic (exact) mass is 432 g/mol. The SMILES string of the molecule is Cc1ccc(-n2nc(C)cc2NC(=O)CN2CCC[C@@H]2c2ccc3c(c2)OCCO3)cc1. The molecule has 0 spiro atoms. The zero-order valence-corrected chi connectivity index (χ0v) is 18.5. The molecule has 1 aromatic heterocycles. The van der Waals surface area contributed by atoms with Gasteiger partial charge in [0, 0.05) is 12.1 Å². The van der Waals surface area contributed by atoms with Crippen molar-refractivity contribution in [2.24, 2.45) is 0 Å². The van der Waals surface area contributed by atoms with E-state index in [1.165, 1.54) is 11.1 Å². The van der Waals surface area contributed by atoms with Gasteiger partial charge < -0.3 is 14.8 Å². The average Bonchev–Trinajstić information content (AvgIpc) is 3.40. The summed E-state index contributed by atoms with van der Waals surface area (Å²) in [6.45, 7) is 6.36. The van der Waals surface area contributed by atoms with Gasteiger partial charge in [-0.05, 0) is 63.1 Å². The van der Waals surface area contributed by atoms with Crippen LogP contribution in [0, 0.1) is 13.8 Å². The van der Waals surface area contributed by atoms with Gasteiger partial charge in [-0.2, -0.15) is 5.10 Å². The molecule has 0 aliphatic carbocycles. The molecule has 3 aromatic rings. The van der Waals surface area contributed by atoms with Crippen molar-refractivity contribution in [1.29, 1.82) is 0 Å². The predicted molar refractivity (Wildman–Crippen MR) is 123 cm³/mol. The van der Waals surface area contributed by atoms with Crippen molar-refractivity contribution in [2.45, 2.75) is 32.7 Å². The lowest BCUT2D eigenvalue weighted by Gasteiger charge is -2.26. The smallest absolute Gasteiger partial charge is 0.239 e. The molecule has 0 bridgehead atoms. The van der Waals surface area contributed by atoms with Gasteiger partial charge in [-0.15, -0.1) is 0 Å². The van der Waals surface area contributed by atoms with Crippen LogP contribution in [0.15, 0.2) is 48.5 Å². The highest BCUT2D eigenvalue weighted by atomic mass is 16.6. The molecule has 1 amide bonds. The Morgan fingerprint density at radius 1 is 1.06 bits per heavy atom. The summed E-state index contributed by atoms with van der Waals surface area (Å²) >= 11 is 0. The molecule has 166 valence electrons. The van der Waals surface area contributed by atoms with Gasteiger partial charge in [0.25, 0.3) is 0 Å². The van der Waals surface area contributed by atoms with Gasteiger partial charge in [0.2, 0.25) is 5.91 Å². The van der Waals surface area contributed by atoms with Gasteiger partial charge in [0.15, 0.2) is 11.5 Å². The Morgan fingerprint density at radius 2 is 1.84 bits per heavy atom. The van der Waals surface area contributed by atoms with Crippen molar-refractivity contribution in [3.05, 3.63) is 65.4 Å². The van der Waals surface area contributed by atoms with Gasteiger partial charge in [-0.3, -0.25) is 9.69 Å². The number of carbonyl (C=O) groups is 1. The van der Waals surface area contributed by atoms with Crippen molar-refractivity contribution in [3.8, 4) is 17.2 Å². The first-order valence-corrected chi connectivity index (χ1v) is 11.1. The molecule has 0 unspecified atom stereocenters. The van der Waals surface area contributed by atoms with E-state index in [9.17, 15) is 4.79 Å². The first-order valence-electron chi connectivity index (χ1n) is 11.1. The van der Waals surface area contributed by atoms with E-state index >= 15 is 0 Å². The third kappa shape index (κ3) is 4.21. The molecule has 5 rings (SSSR count). The molecule has 1 fully saturated rings. The number of aryl methyl sites for hydroxylation is 2. The summed E-state index contributed by atoms with van der Waals surface area (Å²) < 4.78 is 13.2.